The van der Waals surface area contributed by atoms with Crippen LogP contribution >= 0.6 is 0 Å². The average molecular weight is 356 g/mol. The molecule has 0 aliphatic heterocycles. The van der Waals surface area contributed by atoms with Crippen LogP contribution in [0.2, 0.25) is 0 Å². The Morgan fingerprint density at radius 2 is 1.41 bits per heavy atom. The molecule has 1 N–H and O–H groups in total. The zero-order valence-corrected chi connectivity index (χ0v) is 15.9. The van der Waals surface area contributed by atoms with Crippen molar-refractivity contribution in [3.05, 3.63) is 95.6 Å². The van der Waals surface area contributed by atoms with Crippen molar-refractivity contribution in [3.63, 3.8) is 0 Å². The van der Waals surface area contributed by atoms with Gasteiger partial charge in [0, 0.05) is 5.56 Å². The minimum atomic E-state index is -0.215. The van der Waals surface area contributed by atoms with E-state index in [0.717, 1.165) is 11.1 Å². The highest BCUT2D eigenvalue weighted by molar-refractivity contribution is 5.95. The predicted molar refractivity (Wildman–Crippen MR) is 112 cm³/mol. The van der Waals surface area contributed by atoms with Crippen LogP contribution < -0.4 is 5.43 Å². The van der Waals surface area contributed by atoms with E-state index in [0.29, 0.717) is 5.56 Å². The van der Waals surface area contributed by atoms with E-state index >= 15 is 0 Å². The van der Waals surface area contributed by atoms with Crippen LogP contribution in [0.3, 0.4) is 0 Å². The quantitative estimate of drug-likeness (QED) is 0.492. The first-order valence-electron chi connectivity index (χ1n) is 9.03. The van der Waals surface area contributed by atoms with Crippen molar-refractivity contribution in [1.29, 1.82) is 0 Å². The second-order valence-electron chi connectivity index (χ2n) is 7.51. The van der Waals surface area contributed by atoms with Gasteiger partial charge in [-0.05, 0) is 39.8 Å². The number of carbonyl (C=O) groups excluding carboxylic acids is 1. The third kappa shape index (κ3) is 4.91. The summed E-state index contributed by atoms with van der Waals surface area (Å²) >= 11 is 0. The fraction of sp³-hybridized carbons (Fsp3) is 0.167. The van der Waals surface area contributed by atoms with Gasteiger partial charge < -0.3 is 0 Å². The van der Waals surface area contributed by atoms with E-state index in [2.05, 4.69) is 43.4 Å². The van der Waals surface area contributed by atoms with Gasteiger partial charge in [-0.1, -0.05) is 87.5 Å². The first-order valence-corrected chi connectivity index (χ1v) is 9.03. The third-order valence-electron chi connectivity index (χ3n) is 4.41. The minimum absolute atomic E-state index is 0.0685. The van der Waals surface area contributed by atoms with Crippen LogP contribution in [0.4, 0.5) is 0 Å². The second kappa shape index (κ2) is 8.00. The largest absolute Gasteiger partial charge is 0.271 e. The lowest BCUT2D eigenvalue weighted by Crippen LogP contribution is -2.18. The Bertz CT molecular complexity index is 919. The summed E-state index contributed by atoms with van der Waals surface area (Å²) < 4.78 is 0. The molecule has 3 rings (SSSR count). The molecule has 3 heteroatoms. The summed E-state index contributed by atoms with van der Waals surface area (Å²) in [7, 11) is 0. The van der Waals surface area contributed by atoms with Crippen molar-refractivity contribution in [2.24, 2.45) is 5.10 Å². The normalized spacial score (nSPS) is 11.5. The van der Waals surface area contributed by atoms with Crippen molar-refractivity contribution < 1.29 is 4.79 Å². The van der Waals surface area contributed by atoms with E-state index < -0.39 is 0 Å². The summed E-state index contributed by atoms with van der Waals surface area (Å²) in [4.78, 5) is 12.2. The first kappa shape index (κ1) is 18.6. The van der Waals surface area contributed by atoms with Crippen molar-refractivity contribution in [2.45, 2.75) is 26.2 Å². The van der Waals surface area contributed by atoms with Gasteiger partial charge in [-0.2, -0.15) is 5.10 Å². The molecule has 0 radical (unpaired) electrons. The predicted octanol–water partition coefficient (Wildman–Crippen LogP) is 5.42. The maximum atomic E-state index is 12.2. The highest BCUT2D eigenvalue weighted by Crippen LogP contribution is 2.22. The van der Waals surface area contributed by atoms with Crippen LogP contribution in [0, 0.1) is 0 Å². The summed E-state index contributed by atoms with van der Waals surface area (Å²) in [5.41, 5.74) is 7.69. The van der Waals surface area contributed by atoms with E-state index in [-0.39, 0.29) is 11.3 Å². The van der Waals surface area contributed by atoms with Crippen LogP contribution in [-0.4, -0.2) is 12.1 Å². The molecule has 3 aromatic carbocycles. The Hall–Kier alpha value is -3.20. The molecule has 3 nitrogen and oxygen atoms in total. The molecule has 0 spiro atoms. The van der Waals surface area contributed by atoms with Crippen molar-refractivity contribution in [2.75, 3.05) is 0 Å². The number of rotatable bonds is 4. The number of benzene rings is 3. The molecule has 0 saturated carbocycles. The molecule has 1 amide bonds. The zero-order chi connectivity index (χ0) is 19.3. The lowest BCUT2D eigenvalue weighted by atomic mass is 9.87. The summed E-state index contributed by atoms with van der Waals surface area (Å²) in [5, 5.41) is 4.07. The van der Waals surface area contributed by atoms with Crippen LogP contribution in [0.1, 0.15) is 42.3 Å². The van der Waals surface area contributed by atoms with Crippen LogP contribution in [0.25, 0.3) is 11.1 Å². The number of nitrogens with one attached hydrogen (secondary N) is 1. The molecule has 0 aliphatic rings. The number of nitrogens with zero attached hydrogens (tertiary/aromatic N) is 1. The number of hydrogen-bond acceptors (Lipinski definition) is 2. The molecule has 0 atom stereocenters. The van der Waals surface area contributed by atoms with Gasteiger partial charge in [0.05, 0.1) is 6.21 Å². The molecular formula is C24H24N2O. The monoisotopic (exact) mass is 356 g/mol. The van der Waals surface area contributed by atoms with Gasteiger partial charge in [0.2, 0.25) is 0 Å². The van der Waals surface area contributed by atoms with E-state index in [4.69, 9.17) is 0 Å². The van der Waals surface area contributed by atoms with Crippen molar-refractivity contribution in [3.8, 4) is 11.1 Å². The summed E-state index contributed by atoms with van der Waals surface area (Å²) in [6, 6.07) is 25.9. The van der Waals surface area contributed by atoms with Gasteiger partial charge in [0.1, 0.15) is 0 Å². The van der Waals surface area contributed by atoms with Gasteiger partial charge in [0.25, 0.3) is 5.91 Å². The van der Waals surface area contributed by atoms with E-state index in [1.807, 2.05) is 66.7 Å². The lowest BCUT2D eigenvalue weighted by Gasteiger charge is -2.18. The topological polar surface area (TPSA) is 41.5 Å². The van der Waals surface area contributed by atoms with E-state index in [1.54, 1.807) is 6.21 Å². The average Bonchev–Trinajstić information content (AvgIpc) is 2.68. The van der Waals surface area contributed by atoms with Crippen LogP contribution in [0.5, 0.6) is 0 Å². The molecule has 3 aromatic rings. The maximum absolute atomic E-state index is 12.2. The molecule has 136 valence electrons. The number of amides is 1. The second-order valence-corrected chi connectivity index (χ2v) is 7.51. The Labute approximate surface area is 160 Å². The third-order valence-corrected chi connectivity index (χ3v) is 4.41. The number of hydrogen-bond donors (Lipinski definition) is 1. The first-order chi connectivity index (χ1) is 12.9. The SMILES string of the molecule is CC(C)(C)c1ccc(C(=O)N/N=C/c2ccc(-c3ccccc3)cc2)cc1. The van der Waals surface area contributed by atoms with Crippen molar-refractivity contribution >= 4 is 12.1 Å². The van der Waals surface area contributed by atoms with Crippen molar-refractivity contribution in [1.82, 2.24) is 5.43 Å². The zero-order valence-electron chi connectivity index (χ0n) is 15.9. The maximum Gasteiger partial charge on any atom is 0.271 e. The summed E-state index contributed by atoms with van der Waals surface area (Å²) in [6.07, 6.45) is 1.65. The molecule has 0 saturated heterocycles. The van der Waals surface area contributed by atoms with Crippen LogP contribution in [0.15, 0.2) is 84.0 Å². The molecule has 0 aromatic heterocycles. The fourth-order valence-corrected chi connectivity index (χ4v) is 2.74. The molecule has 0 aliphatic carbocycles. The highest BCUT2D eigenvalue weighted by Gasteiger charge is 2.14. The summed E-state index contributed by atoms with van der Waals surface area (Å²) in [5.74, 6) is -0.215. The number of carbonyl (C=O) groups is 1. The standard InChI is InChI=1S/C24H24N2O/c1-24(2,3)22-15-13-21(14-16-22)23(27)26-25-17-18-9-11-20(12-10-18)19-7-5-4-6-8-19/h4-17H,1-3H3,(H,26,27)/b25-17+. The Morgan fingerprint density at radius 1 is 0.815 bits per heavy atom. The molecule has 0 unspecified atom stereocenters. The van der Waals surface area contributed by atoms with E-state index in [9.17, 15) is 4.79 Å². The summed E-state index contributed by atoms with van der Waals surface area (Å²) in [6.45, 7) is 6.44. The van der Waals surface area contributed by atoms with E-state index in [1.165, 1.54) is 11.1 Å². The van der Waals surface area contributed by atoms with Gasteiger partial charge in [-0.3, -0.25) is 4.79 Å². The molecule has 0 fully saturated rings. The van der Waals surface area contributed by atoms with Gasteiger partial charge in [-0.15, -0.1) is 0 Å². The van der Waals surface area contributed by atoms with Gasteiger partial charge in [-0.25, -0.2) is 5.43 Å². The minimum Gasteiger partial charge on any atom is -0.267 e. The Kier molecular flexibility index (Phi) is 5.51. The lowest BCUT2D eigenvalue weighted by molar-refractivity contribution is 0.0955. The Morgan fingerprint density at radius 3 is 2.00 bits per heavy atom. The molecule has 0 bridgehead atoms. The fourth-order valence-electron chi connectivity index (χ4n) is 2.74. The molecule has 27 heavy (non-hydrogen) atoms. The van der Waals surface area contributed by atoms with Crippen LogP contribution in [-0.2, 0) is 5.41 Å². The molecule has 0 heterocycles. The number of hydrazone groups is 1. The van der Waals surface area contributed by atoms with Gasteiger partial charge in [0.15, 0.2) is 0 Å². The smallest absolute Gasteiger partial charge is 0.267 e. The highest BCUT2D eigenvalue weighted by atomic mass is 16.2. The molecular weight excluding hydrogens is 332 g/mol. The Balaban J connectivity index is 1.61. The van der Waals surface area contributed by atoms with Gasteiger partial charge >= 0.3 is 0 Å².